The van der Waals surface area contributed by atoms with E-state index >= 15 is 0 Å². The van der Waals surface area contributed by atoms with Crippen molar-refractivity contribution in [3.8, 4) is 0 Å². The van der Waals surface area contributed by atoms with Crippen LogP contribution in [0.4, 0.5) is 0 Å². The summed E-state index contributed by atoms with van der Waals surface area (Å²) in [7, 11) is 1.36. The lowest BCUT2D eigenvalue weighted by molar-refractivity contribution is 0.0766. The zero-order chi connectivity index (χ0) is 15.9. The Kier molecular flexibility index (Phi) is 3.89. The molecular weight excluding hydrogens is 345 g/mol. The fourth-order valence-electron chi connectivity index (χ4n) is 2.49. The van der Waals surface area contributed by atoms with Gasteiger partial charge >= 0.3 is 0 Å². The average molecular weight is 356 g/mol. The first-order valence-electron chi connectivity index (χ1n) is 6.46. The number of amides is 1. The minimum Gasteiger partial charge on any atom is -0.330 e. The Balaban J connectivity index is 1.94. The molecule has 0 unspecified atom stereocenters. The van der Waals surface area contributed by atoms with Crippen LogP contribution in [0.2, 0.25) is 5.02 Å². The Bertz CT molecular complexity index is 851. The van der Waals surface area contributed by atoms with Crippen LogP contribution in [0.5, 0.6) is 0 Å². The van der Waals surface area contributed by atoms with E-state index in [0.717, 1.165) is 5.56 Å². The van der Waals surface area contributed by atoms with Gasteiger partial charge in [0.1, 0.15) is 4.90 Å². The molecule has 114 valence electrons. The lowest BCUT2D eigenvalue weighted by Crippen LogP contribution is -2.23. The van der Waals surface area contributed by atoms with Crippen LogP contribution in [0, 0.1) is 0 Å². The molecule has 1 aliphatic rings. The maximum Gasteiger partial charge on any atom is 0.262 e. The number of rotatable bonds is 3. The van der Waals surface area contributed by atoms with Gasteiger partial charge in [-0.15, -0.1) is 0 Å². The molecule has 2 aromatic carbocycles. The maximum atomic E-state index is 12.4. The predicted molar refractivity (Wildman–Crippen MR) is 84.5 cm³/mol. The molecule has 0 bridgehead atoms. The topological polar surface area (TPSA) is 54.5 Å². The SMILES string of the molecule is O=C1c2cc(S(=O)(=O)Cl)c(Cl)cc2CN1Cc1ccccc1. The molecule has 2 aromatic rings. The van der Waals surface area contributed by atoms with Crippen LogP contribution in [-0.2, 0) is 22.1 Å². The monoisotopic (exact) mass is 355 g/mol. The highest BCUT2D eigenvalue weighted by Gasteiger charge is 2.30. The second kappa shape index (κ2) is 5.57. The number of hydrogen-bond donors (Lipinski definition) is 0. The molecule has 3 rings (SSSR count). The van der Waals surface area contributed by atoms with Crippen LogP contribution >= 0.6 is 22.3 Å². The number of halogens is 2. The van der Waals surface area contributed by atoms with Crippen LogP contribution in [-0.4, -0.2) is 19.2 Å². The lowest BCUT2D eigenvalue weighted by atomic mass is 10.1. The van der Waals surface area contributed by atoms with Crippen molar-refractivity contribution in [2.24, 2.45) is 0 Å². The van der Waals surface area contributed by atoms with E-state index in [0.29, 0.717) is 24.2 Å². The van der Waals surface area contributed by atoms with Gasteiger partial charge in [-0.2, -0.15) is 0 Å². The summed E-state index contributed by atoms with van der Waals surface area (Å²) in [4.78, 5) is 13.8. The van der Waals surface area contributed by atoms with Crippen molar-refractivity contribution < 1.29 is 13.2 Å². The fraction of sp³-hybridized carbons (Fsp3) is 0.133. The van der Waals surface area contributed by atoms with Gasteiger partial charge in [-0.25, -0.2) is 8.42 Å². The van der Waals surface area contributed by atoms with E-state index in [2.05, 4.69) is 0 Å². The first-order valence-corrected chi connectivity index (χ1v) is 9.15. The van der Waals surface area contributed by atoms with Crippen molar-refractivity contribution in [1.82, 2.24) is 4.90 Å². The van der Waals surface area contributed by atoms with Gasteiger partial charge in [0.15, 0.2) is 0 Å². The van der Waals surface area contributed by atoms with Gasteiger partial charge in [0.25, 0.3) is 15.0 Å². The van der Waals surface area contributed by atoms with E-state index in [9.17, 15) is 13.2 Å². The molecule has 22 heavy (non-hydrogen) atoms. The van der Waals surface area contributed by atoms with Gasteiger partial charge in [0.2, 0.25) is 0 Å². The Hall–Kier alpha value is -1.56. The van der Waals surface area contributed by atoms with E-state index in [1.54, 1.807) is 4.90 Å². The summed E-state index contributed by atoms with van der Waals surface area (Å²) < 4.78 is 23.0. The first kappa shape index (κ1) is 15.3. The number of fused-ring (bicyclic) bond motifs is 1. The predicted octanol–water partition coefficient (Wildman–Crippen LogP) is 3.42. The molecule has 0 spiro atoms. The zero-order valence-corrected chi connectivity index (χ0v) is 13.6. The third-order valence-corrected chi connectivity index (χ3v) is 5.30. The number of benzene rings is 2. The standard InChI is InChI=1S/C15H11Cl2NO3S/c16-13-6-11-9-18(8-10-4-2-1-3-5-10)15(19)12(11)7-14(13)22(17,20)21/h1-7H,8-9H2. The summed E-state index contributed by atoms with van der Waals surface area (Å²) in [6.45, 7) is 0.848. The Labute approximate surface area is 137 Å². The minimum atomic E-state index is -3.99. The van der Waals surface area contributed by atoms with Crippen molar-refractivity contribution in [2.45, 2.75) is 18.0 Å². The largest absolute Gasteiger partial charge is 0.330 e. The Morgan fingerprint density at radius 1 is 1.14 bits per heavy atom. The molecule has 4 nitrogen and oxygen atoms in total. The van der Waals surface area contributed by atoms with Crippen molar-refractivity contribution >= 4 is 37.2 Å². The van der Waals surface area contributed by atoms with Gasteiger partial charge in [-0.05, 0) is 23.3 Å². The number of hydrogen-bond acceptors (Lipinski definition) is 3. The Morgan fingerprint density at radius 3 is 2.45 bits per heavy atom. The van der Waals surface area contributed by atoms with Crippen LogP contribution in [0.3, 0.4) is 0 Å². The molecule has 0 aromatic heterocycles. The third-order valence-electron chi connectivity index (χ3n) is 3.52. The number of carbonyl (C=O) groups excluding carboxylic acids is 1. The summed E-state index contributed by atoms with van der Waals surface area (Å²) in [6, 6.07) is 12.3. The fourth-order valence-corrected chi connectivity index (χ4v) is 4.03. The molecule has 1 heterocycles. The number of carbonyl (C=O) groups is 1. The van der Waals surface area contributed by atoms with Gasteiger partial charge in [0.05, 0.1) is 5.02 Å². The van der Waals surface area contributed by atoms with Gasteiger partial charge in [-0.1, -0.05) is 41.9 Å². The molecule has 0 N–H and O–H groups in total. The Morgan fingerprint density at radius 2 is 1.82 bits per heavy atom. The zero-order valence-electron chi connectivity index (χ0n) is 11.3. The molecular formula is C15H11Cl2NO3S. The lowest BCUT2D eigenvalue weighted by Gasteiger charge is -2.15. The molecule has 0 aliphatic carbocycles. The normalized spacial score (nSPS) is 14.3. The average Bonchev–Trinajstić information content (AvgIpc) is 2.74. The summed E-state index contributed by atoms with van der Waals surface area (Å²) in [5, 5.41) is 0.0307. The summed E-state index contributed by atoms with van der Waals surface area (Å²) in [5.41, 5.74) is 2.04. The van der Waals surface area contributed by atoms with Crippen molar-refractivity contribution in [3.63, 3.8) is 0 Å². The third kappa shape index (κ3) is 2.84. The molecule has 0 saturated carbocycles. The number of nitrogens with zero attached hydrogens (tertiary/aromatic N) is 1. The van der Waals surface area contributed by atoms with Crippen molar-refractivity contribution in [1.29, 1.82) is 0 Å². The summed E-state index contributed by atoms with van der Waals surface area (Å²) in [5.74, 6) is -0.225. The van der Waals surface area contributed by atoms with Crippen molar-refractivity contribution in [2.75, 3.05) is 0 Å². The second-order valence-corrected chi connectivity index (χ2v) is 7.97. The highest BCUT2D eigenvalue weighted by molar-refractivity contribution is 8.13. The quantitative estimate of drug-likeness (QED) is 0.792. The maximum absolute atomic E-state index is 12.4. The van der Waals surface area contributed by atoms with E-state index < -0.39 is 9.05 Å². The molecule has 7 heteroatoms. The highest BCUT2D eigenvalue weighted by atomic mass is 35.7. The summed E-state index contributed by atoms with van der Waals surface area (Å²) in [6.07, 6.45) is 0. The van der Waals surface area contributed by atoms with Gasteiger partial charge in [0, 0.05) is 29.3 Å². The highest BCUT2D eigenvalue weighted by Crippen LogP contribution is 2.33. The van der Waals surface area contributed by atoms with Gasteiger partial charge in [-0.3, -0.25) is 4.79 Å². The van der Waals surface area contributed by atoms with E-state index in [-0.39, 0.29) is 15.8 Å². The van der Waals surface area contributed by atoms with Gasteiger partial charge < -0.3 is 4.90 Å². The second-order valence-electron chi connectivity index (χ2n) is 5.02. The van der Waals surface area contributed by atoms with Crippen LogP contribution < -0.4 is 0 Å². The molecule has 0 atom stereocenters. The van der Waals surface area contributed by atoms with Crippen LogP contribution in [0.15, 0.2) is 47.4 Å². The minimum absolute atomic E-state index is 0.0307. The summed E-state index contributed by atoms with van der Waals surface area (Å²) >= 11 is 5.95. The molecule has 0 saturated heterocycles. The first-order chi connectivity index (χ1) is 10.4. The molecule has 0 fully saturated rings. The van der Waals surface area contributed by atoms with E-state index in [1.165, 1.54) is 12.1 Å². The van der Waals surface area contributed by atoms with E-state index in [4.69, 9.17) is 22.3 Å². The molecule has 0 radical (unpaired) electrons. The van der Waals surface area contributed by atoms with E-state index in [1.807, 2.05) is 30.3 Å². The smallest absolute Gasteiger partial charge is 0.262 e. The van der Waals surface area contributed by atoms with Crippen LogP contribution in [0.25, 0.3) is 0 Å². The molecule has 1 aliphatic heterocycles. The van der Waals surface area contributed by atoms with Crippen LogP contribution in [0.1, 0.15) is 21.5 Å². The van der Waals surface area contributed by atoms with Crippen molar-refractivity contribution in [3.05, 3.63) is 64.2 Å². The molecule has 1 amide bonds.